The van der Waals surface area contributed by atoms with Gasteiger partial charge in [0.25, 0.3) is 0 Å². The molecule has 5 rings (SSSR count). The Morgan fingerprint density at radius 3 is 1.59 bits per heavy atom. The van der Waals surface area contributed by atoms with Gasteiger partial charge in [-0.2, -0.15) is 0 Å². The molecular weight excluding hydrogens is 488 g/mol. The lowest BCUT2D eigenvalue weighted by atomic mass is 9.84. The van der Waals surface area contributed by atoms with Crippen molar-refractivity contribution in [2.75, 3.05) is 6.26 Å². The smallest absolute Gasteiger partial charge is 0.344 e. The van der Waals surface area contributed by atoms with E-state index in [-0.39, 0.29) is 33.8 Å². The van der Waals surface area contributed by atoms with Crippen LogP contribution in [-0.4, -0.2) is 16.5 Å². The van der Waals surface area contributed by atoms with Gasteiger partial charge in [-0.25, -0.2) is 9.59 Å². The molecule has 0 amide bonds. The molecule has 2 aromatic heterocycles. The minimum Gasteiger partial charge on any atom is -0.507 e. The maximum atomic E-state index is 13.4. The van der Waals surface area contributed by atoms with Crippen molar-refractivity contribution in [3.8, 4) is 11.5 Å². The van der Waals surface area contributed by atoms with Gasteiger partial charge in [0.15, 0.2) is 0 Å². The van der Waals surface area contributed by atoms with Crippen LogP contribution in [0.25, 0.3) is 21.9 Å². The van der Waals surface area contributed by atoms with Gasteiger partial charge in [0.1, 0.15) is 22.7 Å². The van der Waals surface area contributed by atoms with Gasteiger partial charge in [0, 0.05) is 4.90 Å². The highest BCUT2D eigenvalue weighted by Crippen LogP contribution is 2.42. The van der Waals surface area contributed by atoms with Crippen LogP contribution in [0.4, 0.5) is 0 Å². The topological polar surface area (TPSA) is 101 Å². The zero-order valence-corrected chi connectivity index (χ0v) is 21.5. The minimum absolute atomic E-state index is 0.133. The Hall–Kier alpha value is -3.97. The first-order valence-corrected chi connectivity index (χ1v) is 13.3. The van der Waals surface area contributed by atoms with Crippen LogP contribution in [0, 0.1) is 0 Å². The molecule has 5 aromatic rings. The Kier molecular flexibility index (Phi) is 6.56. The van der Waals surface area contributed by atoms with Gasteiger partial charge in [-0.1, -0.05) is 38.1 Å². The van der Waals surface area contributed by atoms with Crippen LogP contribution in [0.15, 0.2) is 84.0 Å². The molecule has 2 N–H and O–H groups in total. The highest BCUT2D eigenvalue weighted by atomic mass is 32.2. The van der Waals surface area contributed by atoms with Crippen molar-refractivity contribution in [1.82, 2.24) is 0 Å². The van der Waals surface area contributed by atoms with E-state index in [4.69, 9.17) is 8.83 Å². The third kappa shape index (κ3) is 4.29. The standard InChI is InChI=1S/C30H26O6S/c1-4-16-6-12-22-20(14-16)27(31)25(29(33)35-22)24(18-8-10-19(37-3)11-9-18)26-28(32)21-15-17(5-2)7-13-23(21)36-30(26)34/h6-15,24,31-32H,4-5H2,1-3H3. The van der Waals surface area contributed by atoms with Gasteiger partial charge in [-0.3, -0.25) is 0 Å². The fraction of sp³-hybridized carbons (Fsp3) is 0.200. The van der Waals surface area contributed by atoms with E-state index in [9.17, 15) is 19.8 Å². The van der Waals surface area contributed by atoms with Gasteiger partial charge in [0.05, 0.1) is 27.8 Å². The molecule has 0 saturated heterocycles. The third-order valence-electron chi connectivity index (χ3n) is 6.80. The van der Waals surface area contributed by atoms with Crippen molar-refractivity contribution in [1.29, 1.82) is 0 Å². The number of hydrogen-bond donors (Lipinski definition) is 2. The molecule has 3 aromatic carbocycles. The van der Waals surface area contributed by atoms with Gasteiger partial charge < -0.3 is 19.0 Å². The molecule has 0 spiro atoms. The predicted molar refractivity (Wildman–Crippen MR) is 146 cm³/mol. The van der Waals surface area contributed by atoms with E-state index in [1.54, 1.807) is 48.2 Å². The fourth-order valence-electron chi connectivity index (χ4n) is 4.72. The average Bonchev–Trinajstić information content (AvgIpc) is 2.92. The summed E-state index contributed by atoms with van der Waals surface area (Å²) >= 11 is 1.55. The van der Waals surface area contributed by atoms with Gasteiger partial charge >= 0.3 is 11.3 Å². The highest BCUT2D eigenvalue weighted by Gasteiger charge is 2.32. The Labute approximate surface area is 217 Å². The van der Waals surface area contributed by atoms with Crippen LogP contribution >= 0.6 is 11.8 Å². The molecule has 0 fully saturated rings. The molecule has 0 unspecified atom stereocenters. The highest BCUT2D eigenvalue weighted by molar-refractivity contribution is 7.98. The van der Waals surface area contributed by atoms with Crippen LogP contribution < -0.4 is 11.3 Å². The molecule has 0 aliphatic carbocycles. The molecule has 0 saturated carbocycles. The summed E-state index contributed by atoms with van der Waals surface area (Å²) in [5.41, 5.74) is 1.04. The molecular formula is C30H26O6S. The third-order valence-corrected chi connectivity index (χ3v) is 7.54. The number of benzene rings is 3. The lowest BCUT2D eigenvalue weighted by Gasteiger charge is -2.20. The fourth-order valence-corrected chi connectivity index (χ4v) is 5.13. The lowest BCUT2D eigenvalue weighted by molar-refractivity contribution is 0.441. The van der Waals surface area contributed by atoms with E-state index < -0.39 is 17.2 Å². The zero-order valence-electron chi connectivity index (χ0n) is 20.7. The summed E-state index contributed by atoms with van der Waals surface area (Å²) in [4.78, 5) is 27.7. The summed E-state index contributed by atoms with van der Waals surface area (Å²) < 4.78 is 11.2. The number of thioether (sulfide) groups is 1. The number of aryl methyl sites for hydroxylation is 2. The molecule has 7 heteroatoms. The van der Waals surface area contributed by atoms with Crippen LogP contribution in [0.3, 0.4) is 0 Å². The molecule has 0 bridgehead atoms. The second-order valence-corrected chi connectivity index (χ2v) is 9.76. The maximum Gasteiger partial charge on any atom is 0.344 e. The van der Waals surface area contributed by atoms with E-state index in [1.165, 1.54) is 0 Å². The summed E-state index contributed by atoms with van der Waals surface area (Å²) in [7, 11) is 0. The second-order valence-electron chi connectivity index (χ2n) is 8.88. The van der Waals surface area contributed by atoms with Crippen molar-refractivity contribution < 1.29 is 19.0 Å². The molecule has 0 aliphatic rings. The molecule has 0 radical (unpaired) electrons. The second kappa shape index (κ2) is 9.82. The zero-order chi connectivity index (χ0) is 26.3. The summed E-state index contributed by atoms with van der Waals surface area (Å²) in [5.74, 6) is -1.71. The summed E-state index contributed by atoms with van der Waals surface area (Å²) in [6, 6.07) is 17.7. The Balaban J connectivity index is 1.88. The van der Waals surface area contributed by atoms with Crippen molar-refractivity contribution in [3.05, 3.63) is 109 Å². The Bertz CT molecular complexity index is 1640. The molecule has 2 heterocycles. The van der Waals surface area contributed by atoms with Crippen molar-refractivity contribution in [2.24, 2.45) is 0 Å². The van der Waals surface area contributed by atoms with E-state index in [1.807, 2.05) is 44.4 Å². The van der Waals surface area contributed by atoms with Gasteiger partial charge in [-0.05, 0) is 72.2 Å². The molecule has 37 heavy (non-hydrogen) atoms. The van der Waals surface area contributed by atoms with Crippen LogP contribution in [0.5, 0.6) is 11.5 Å². The maximum absolute atomic E-state index is 13.4. The molecule has 0 aliphatic heterocycles. The minimum atomic E-state index is -1.13. The first-order valence-electron chi connectivity index (χ1n) is 12.1. The van der Waals surface area contributed by atoms with Crippen LogP contribution in [-0.2, 0) is 12.8 Å². The van der Waals surface area contributed by atoms with Crippen molar-refractivity contribution >= 4 is 33.7 Å². The van der Waals surface area contributed by atoms with E-state index in [0.29, 0.717) is 16.3 Å². The Morgan fingerprint density at radius 1 is 0.730 bits per heavy atom. The molecule has 6 nitrogen and oxygen atoms in total. The Morgan fingerprint density at radius 2 is 1.19 bits per heavy atom. The molecule has 0 atom stereocenters. The first kappa shape index (κ1) is 24.7. The quantitative estimate of drug-likeness (QED) is 0.201. The van der Waals surface area contributed by atoms with E-state index in [2.05, 4.69) is 0 Å². The SMILES string of the molecule is CCc1ccc2oc(=O)c(C(c3ccc(SC)cc3)c3c(O)c4cc(CC)ccc4oc3=O)c(O)c2c1. The first-order chi connectivity index (χ1) is 17.9. The molecule has 188 valence electrons. The lowest BCUT2D eigenvalue weighted by Crippen LogP contribution is -2.21. The number of rotatable bonds is 6. The van der Waals surface area contributed by atoms with Crippen molar-refractivity contribution in [3.63, 3.8) is 0 Å². The summed E-state index contributed by atoms with van der Waals surface area (Å²) in [5, 5.41) is 23.6. The number of fused-ring (bicyclic) bond motifs is 2. The van der Waals surface area contributed by atoms with Crippen molar-refractivity contribution in [2.45, 2.75) is 37.5 Å². The normalized spacial score (nSPS) is 11.6. The van der Waals surface area contributed by atoms with Crippen LogP contribution in [0.1, 0.15) is 47.6 Å². The largest absolute Gasteiger partial charge is 0.507 e. The van der Waals surface area contributed by atoms with E-state index >= 15 is 0 Å². The van der Waals surface area contributed by atoms with Crippen LogP contribution in [0.2, 0.25) is 0 Å². The monoisotopic (exact) mass is 514 g/mol. The van der Waals surface area contributed by atoms with E-state index in [0.717, 1.165) is 28.9 Å². The average molecular weight is 515 g/mol. The van der Waals surface area contributed by atoms with Gasteiger partial charge in [-0.15, -0.1) is 11.8 Å². The predicted octanol–water partition coefficient (Wildman–Crippen LogP) is 6.34. The number of hydrogen-bond acceptors (Lipinski definition) is 7. The van der Waals surface area contributed by atoms with Gasteiger partial charge in [0.2, 0.25) is 0 Å². The number of aromatic hydroxyl groups is 2. The summed E-state index contributed by atoms with van der Waals surface area (Å²) in [6.45, 7) is 3.97. The summed E-state index contributed by atoms with van der Waals surface area (Å²) in [6.07, 6.45) is 3.38.